The Morgan fingerprint density at radius 2 is 1.44 bits per heavy atom. The Bertz CT molecular complexity index is 995. The minimum atomic E-state index is -1.45. The molecule has 0 unspecified atom stereocenters. The van der Waals surface area contributed by atoms with E-state index in [1.807, 2.05) is 42.5 Å². The van der Waals surface area contributed by atoms with Crippen LogP contribution in [0.3, 0.4) is 0 Å². The average molecular weight is 345 g/mol. The van der Waals surface area contributed by atoms with Crippen molar-refractivity contribution in [1.29, 1.82) is 0 Å². The number of hydrogen-bond acceptors (Lipinski definition) is 4. The van der Waals surface area contributed by atoms with Crippen LogP contribution in [0.1, 0.15) is 0 Å². The molecule has 0 radical (unpaired) electrons. The van der Waals surface area contributed by atoms with Gasteiger partial charge in [-0.1, -0.05) is 54.6 Å². The van der Waals surface area contributed by atoms with Crippen molar-refractivity contribution in [2.75, 3.05) is 4.90 Å². The summed E-state index contributed by atoms with van der Waals surface area (Å²) in [5, 5.41) is 22.2. The summed E-state index contributed by atoms with van der Waals surface area (Å²) in [5.74, 6) is 0. The van der Waals surface area contributed by atoms with Gasteiger partial charge in [-0.3, -0.25) is 0 Å². The third kappa shape index (κ3) is 3.05. The largest absolute Gasteiger partial charge is 0.499 e. The van der Waals surface area contributed by atoms with Crippen molar-refractivity contribution < 1.29 is 10.0 Å². The zero-order valence-electron chi connectivity index (χ0n) is 13.4. The van der Waals surface area contributed by atoms with Crippen LogP contribution >= 0.6 is 11.3 Å². The SMILES string of the molecule is OB(O)c1ccc(N(c2ccccc2)c2cccc3ccccc23)s1. The fourth-order valence-corrected chi connectivity index (χ4v) is 3.88. The van der Waals surface area contributed by atoms with E-state index in [1.54, 1.807) is 6.07 Å². The molecule has 3 nitrogen and oxygen atoms in total. The summed E-state index contributed by atoms with van der Waals surface area (Å²) >= 11 is 1.37. The van der Waals surface area contributed by atoms with E-state index in [4.69, 9.17) is 0 Å². The van der Waals surface area contributed by atoms with Crippen LogP contribution in [0.25, 0.3) is 10.8 Å². The Morgan fingerprint density at radius 1 is 0.720 bits per heavy atom. The van der Waals surface area contributed by atoms with Crippen LogP contribution in [-0.4, -0.2) is 17.2 Å². The molecule has 1 heterocycles. The molecule has 0 amide bonds. The van der Waals surface area contributed by atoms with Gasteiger partial charge in [0, 0.05) is 15.9 Å². The molecule has 4 rings (SSSR count). The highest BCUT2D eigenvalue weighted by Gasteiger charge is 2.20. The molecular formula is C20H16BNO2S. The van der Waals surface area contributed by atoms with E-state index in [2.05, 4.69) is 41.3 Å². The minimum absolute atomic E-state index is 0.524. The average Bonchev–Trinajstić information content (AvgIpc) is 3.13. The lowest BCUT2D eigenvalue weighted by Crippen LogP contribution is -2.26. The summed E-state index contributed by atoms with van der Waals surface area (Å²) in [5.41, 5.74) is 2.09. The van der Waals surface area contributed by atoms with E-state index in [0.717, 1.165) is 21.8 Å². The lowest BCUT2D eigenvalue weighted by atomic mass is 9.90. The van der Waals surface area contributed by atoms with Crippen molar-refractivity contribution in [3.8, 4) is 0 Å². The second kappa shape index (κ2) is 6.72. The van der Waals surface area contributed by atoms with Crippen LogP contribution in [0.15, 0.2) is 84.9 Å². The molecule has 4 aromatic rings. The van der Waals surface area contributed by atoms with Gasteiger partial charge in [-0.25, -0.2) is 0 Å². The van der Waals surface area contributed by atoms with Gasteiger partial charge in [0.1, 0.15) is 0 Å². The Morgan fingerprint density at radius 3 is 2.20 bits per heavy atom. The standard InChI is InChI=1S/C20H16BNO2S/c23-21(24)19-13-14-20(25-19)22(16-9-2-1-3-10-16)18-12-6-8-15-7-4-5-11-17(15)18/h1-14,23-24H. The predicted octanol–water partition coefficient (Wildman–Crippen LogP) is 4.05. The summed E-state index contributed by atoms with van der Waals surface area (Å²) in [6.45, 7) is 0. The molecule has 0 atom stereocenters. The highest BCUT2D eigenvalue weighted by molar-refractivity contribution is 7.25. The zero-order valence-corrected chi connectivity index (χ0v) is 14.2. The van der Waals surface area contributed by atoms with E-state index in [1.165, 1.54) is 16.7 Å². The summed E-state index contributed by atoms with van der Waals surface area (Å²) < 4.78 is 0.524. The second-order valence-electron chi connectivity index (χ2n) is 5.72. The monoisotopic (exact) mass is 345 g/mol. The number of thiophene rings is 1. The van der Waals surface area contributed by atoms with E-state index >= 15 is 0 Å². The first kappa shape index (κ1) is 15.9. The van der Waals surface area contributed by atoms with Crippen LogP contribution in [0.5, 0.6) is 0 Å². The van der Waals surface area contributed by atoms with Gasteiger partial charge in [0.25, 0.3) is 0 Å². The molecule has 122 valence electrons. The lowest BCUT2D eigenvalue weighted by Gasteiger charge is -2.25. The van der Waals surface area contributed by atoms with Crippen molar-refractivity contribution in [3.63, 3.8) is 0 Å². The number of fused-ring (bicyclic) bond motifs is 1. The highest BCUT2D eigenvalue weighted by Crippen LogP contribution is 2.40. The Kier molecular flexibility index (Phi) is 4.28. The predicted molar refractivity (Wildman–Crippen MR) is 106 cm³/mol. The fourth-order valence-electron chi connectivity index (χ4n) is 2.97. The first-order chi connectivity index (χ1) is 12.2. The molecule has 25 heavy (non-hydrogen) atoms. The fraction of sp³-hybridized carbons (Fsp3) is 0. The number of hydrogen-bond donors (Lipinski definition) is 2. The molecule has 5 heteroatoms. The van der Waals surface area contributed by atoms with Crippen LogP contribution in [0.4, 0.5) is 16.4 Å². The number of para-hydroxylation sites is 1. The number of benzene rings is 3. The minimum Gasteiger partial charge on any atom is -0.423 e. The van der Waals surface area contributed by atoms with E-state index < -0.39 is 7.12 Å². The lowest BCUT2D eigenvalue weighted by molar-refractivity contribution is 0.427. The van der Waals surface area contributed by atoms with Crippen molar-refractivity contribution in [3.05, 3.63) is 84.9 Å². The van der Waals surface area contributed by atoms with E-state index in [0.29, 0.717) is 4.78 Å². The van der Waals surface area contributed by atoms with Gasteiger partial charge in [-0.05, 0) is 35.7 Å². The molecule has 0 spiro atoms. The molecule has 0 fully saturated rings. The van der Waals surface area contributed by atoms with Crippen molar-refractivity contribution in [1.82, 2.24) is 0 Å². The van der Waals surface area contributed by atoms with Gasteiger partial charge in [0.15, 0.2) is 0 Å². The third-order valence-corrected chi connectivity index (χ3v) is 5.22. The second-order valence-corrected chi connectivity index (χ2v) is 6.81. The maximum Gasteiger partial charge on any atom is 0.499 e. The van der Waals surface area contributed by atoms with Gasteiger partial charge in [0.2, 0.25) is 0 Å². The van der Waals surface area contributed by atoms with Crippen LogP contribution in [0, 0.1) is 0 Å². The molecular weight excluding hydrogens is 329 g/mol. The molecule has 0 saturated heterocycles. The van der Waals surface area contributed by atoms with Gasteiger partial charge >= 0.3 is 7.12 Å². The number of rotatable bonds is 4. The third-order valence-electron chi connectivity index (χ3n) is 4.11. The van der Waals surface area contributed by atoms with E-state index in [9.17, 15) is 10.0 Å². The number of nitrogens with zero attached hydrogens (tertiary/aromatic N) is 1. The molecule has 2 N–H and O–H groups in total. The first-order valence-corrected chi connectivity index (χ1v) is 8.84. The molecule has 0 saturated carbocycles. The van der Waals surface area contributed by atoms with Crippen LogP contribution < -0.4 is 9.68 Å². The normalized spacial score (nSPS) is 10.8. The van der Waals surface area contributed by atoms with Gasteiger partial charge in [-0.2, -0.15) is 0 Å². The van der Waals surface area contributed by atoms with Gasteiger partial charge < -0.3 is 14.9 Å². The van der Waals surface area contributed by atoms with Crippen molar-refractivity contribution >= 4 is 50.4 Å². The Labute approximate surface area is 150 Å². The molecule has 1 aromatic heterocycles. The van der Waals surface area contributed by atoms with Crippen LogP contribution in [0.2, 0.25) is 0 Å². The summed E-state index contributed by atoms with van der Waals surface area (Å²) in [4.78, 5) is 2.15. The number of anilines is 3. The zero-order chi connectivity index (χ0) is 17.2. The summed E-state index contributed by atoms with van der Waals surface area (Å²) in [6, 6.07) is 28.3. The highest BCUT2D eigenvalue weighted by atomic mass is 32.1. The van der Waals surface area contributed by atoms with Crippen LogP contribution in [-0.2, 0) is 0 Å². The van der Waals surface area contributed by atoms with Gasteiger partial charge in [-0.15, -0.1) is 11.3 Å². The van der Waals surface area contributed by atoms with Gasteiger partial charge in [0.05, 0.1) is 10.7 Å². The molecule has 3 aromatic carbocycles. The molecule has 0 bridgehead atoms. The van der Waals surface area contributed by atoms with Crippen molar-refractivity contribution in [2.24, 2.45) is 0 Å². The Hall–Kier alpha value is -2.60. The maximum atomic E-state index is 9.48. The quantitative estimate of drug-likeness (QED) is 0.549. The summed E-state index contributed by atoms with van der Waals surface area (Å²) in [7, 11) is -1.45. The Balaban J connectivity index is 1.94. The van der Waals surface area contributed by atoms with Crippen molar-refractivity contribution in [2.45, 2.75) is 0 Å². The maximum absolute atomic E-state index is 9.48. The first-order valence-electron chi connectivity index (χ1n) is 8.03. The molecule has 0 aliphatic heterocycles. The molecule has 0 aliphatic rings. The van der Waals surface area contributed by atoms with E-state index in [-0.39, 0.29) is 0 Å². The summed E-state index contributed by atoms with van der Waals surface area (Å²) in [6.07, 6.45) is 0. The topological polar surface area (TPSA) is 43.7 Å². The smallest absolute Gasteiger partial charge is 0.423 e. The molecule has 0 aliphatic carbocycles.